The number of carbonyl (C=O) groups is 2. The number of nitro benzene ring substituents is 1. The van der Waals surface area contributed by atoms with Gasteiger partial charge in [-0.1, -0.05) is 0 Å². The van der Waals surface area contributed by atoms with Crippen molar-refractivity contribution in [2.75, 3.05) is 45.2 Å². The molecule has 0 saturated carbocycles. The van der Waals surface area contributed by atoms with Gasteiger partial charge in [0.25, 0.3) is 11.6 Å². The molecule has 1 fully saturated rings. The van der Waals surface area contributed by atoms with Crippen LogP contribution in [0.3, 0.4) is 0 Å². The molecule has 0 radical (unpaired) electrons. The fourth-order valence-corrected chi connectivity index (χ4v) is 3.22. The summed E-state index contributed by atoms with van der Waals surface area (Å²) in [5.41, 5.74) is -0.105. The zero-order valence-corrected chi connectivity index (χ0v) is 17.5. The van der Waals surface area contributed by atoms with E-state index in [-0.39, 0.29) is 29.7 Å². The van der Waals surface area contributed by atoms with Crippen molar-refractivity contribution in [2.45, 2.75) is 32.4 Å². The molecule has 2 amide bonds. The fourth-order valence-electron chi connectivity index (χ4n) is 3.22. The van der Waals surface area contributed by atoms with E-state index in [4.69, 9.17) is 4.74 Å². The van der Waals surface area contributed by atoms with Crippen LogP contribution < -0.4 is 15.5 Å². The lowest BCUT2D eigenvalue weighted by Gasteiger charge is -2.41. The van der Waals surface area contributed by atoms with Crippen molar-refractivity contribution in [1.82, 2.24) is 15.5 Å². The van der Waals surface area contributed by atoms with Crippen molar-refractivity contribution in [3.05, 3.63) is 33.9 Å². The van der Waals surface area contributed by atoms with Crippen LogP contribution >= 0.6 is 0 Å². The van der Waals surface area contributed by atoms with Gasteiger partial charge in [-0.25, -0.2) is 4.79 Å². The van der Waals surface area contributed by atoms with E-state index in [1.165, 1.54) is 13.1 Å². The van der Waals surface area contributed by atoms with E-state index >= 15 is 0 Å². The molecule has 0 spiro atoms. The smallest absolute Gasteiger partial charge is 0.407 e. The van der Waals surface area contributed by atoms with E-state index in [9.17, 15) is 19.7 Å². The summed E-state index contributed by atoms with van der Waals surface area (Å²) in [6, 6.07) is 4.25. The third kappa shape index (κ3) is 6.05. The molecule has 1 aliphatic heterocycles. The number of hydrogen-bond donors (Lipinski definition) is 2. The minimum absolute atomic E-state index is 0.141. The standard InChI is InChI=1S/C19H29N5O5/c1-19(2,3)29-18(26)21-11-14-12-22(5)8-9-23(14)15-7-6-13(17(25)20-4)10-16(15)24(27)28/h6-7,10,14H,8-9,11-12H2,1-5H3,(H,20,25)(H,21,26)/t14-/m0/s1. The number of nitrogens with one attached hydrogen (secondary N) is 2. The molecule has 10 heteroatoms. The molecular weight excluding hydrogens is 378 g/mol. The van der Waals surface area contributed by atoms with E-state index in [1.807, 2.05) is 11.9 Å². The molecule has 1 aliphatic rings. The summed E-state index contributed by atoms with van der Waals surface area (Å²) in [4.78, 5) is 39.1. The number of ether oxygens (including phenoxy) is 1. The van der Waals surface area contributed by atoms with Crippen molar-refractivity contribution in [3.8, 4) is 0 Å². The number of hydrogen-bond acceptors (Lipinski definition) is 7. The maximum Gasteiger partial charge on any atom is 0.407 e. The predicted molar refractivity (Wildman–Crippen MR) is 109 cm³/mol. The Labute approximate surface area is 170 Å². The molecule has 10 nitrogen and oxygen atoms in total. The molecule has 2 rings (SSSR count). The first-order valence-corrected chi connectivity index (χ1v) is 9.44. The van der Waals surface area contributed by atoms with Gasteiger partial charge in [-0.3, -0.25) is 14.9 Å². The Kier molecular flexibility index (Phi) is 7.02. The summed E-state index contributed by atoms with van der Waals surface area (Å²) < 4.78 is 5.28. The Balaban J connectivity index is 2.26. The number of benzene rings is 1. The van der Waals surface area contributed by atoms with Crippen LogP contribution in [0.1, 0.15) is 31.1 Å². The average molecular weight is 407 g/mol. The van der Waals surface area contributed by atoms with Crippen LogP contribution in [-0.4, -0.2) is 73.7 Å². The molecule has 160 valence electrons. The van der Waals surface area contributed by atoms with Crippen LogP contribution in [-0.2, 0) is 4.74 Å². The Bertz CT molecular complexity index is 777. The average Bonchev–Trinajstić information content (AvgIpc) is 2.64. The highest BCUT2D eigenvalue weighted by Crippen LogP contribution is 2.32. The normalized spacial score (nSPS) is 17.6. The lowest BCUT2D eigenvalue weighted by atomic mass is 10.1. The molecule has 2 N–H and O–H groups in total. The van der Waals surface area contributed by atoms with Crippen LogP contribution in [0.5, 0.6) is 0 Å². The first-order chi connectivity index (χ1) is 13.5. The van der Waals surface area contributed by atoms with Crippen molar-refractivity contribution >= 4 is 23.4 Å². The topological polar surface area (TPSA) is 117 Å². The highest BCUT2D eigenvalue weighted by atomic mass is 16.6. The molecule has 29 heavy (non-hydrogen) atoms. The maximum atomic E-state index is 12.0. The van der Waals surface area contributed by atoms with Gasteiger partial charge in [-0.15, -0.1) is 0 Å². The lowest BCUT2D eigenvalue weighted by molar-refractivity contribution is -0.384. The van der Waals surface area contributed by atoms with Crippen LogP contribution in [0.25, 0.3) is 0 Å². The second kappa shape index (κ2) is 9.08. The first kappa shape index (κ1) is 22.4. The van der Waals surface area contributed by atoms with Gasteiger partial charge in [-0.05, 0) is 40.0 Å². The monoisotopic (exact) mass is 407 g/mol. The zero-order chi connectivity index (χ0) is 21.8. The van der Waals surface area contributed by atoms with Gasteiger partial charge in [0.2, 0.25) is 0 Å². The summed E-state index contributed by atoms with van der Waals surface area (Å²) >= 11 is 0. The van der Waals surface area contributed by atoms with Gasteiger partial charge in [0.05, 0.1) is 11.0 Å². The second-order valence-electron chi connectivity index (χ2n) is 8.03. The first-order valence-electron chi connectivity index (χ1n) is 9.44. The number of rotatable bonds is 5. The van der Waals surface area contributed by atoms with Gasteiger partial charge in [0.15, 0.2) is 0 Å². The molecule has 0 unspecified atom stereocenters. The van der Waals surface area contributed by atoms with Gasteiger partial charge in [-0.2, -0.15) is 0 Å². The molecule has 1 heterocycles. The van der Waals surface area contributed by atoms with Crippen molar-refractivity contribution in [3.63, 3.8) is 0 Å². The van der Waals surface area contributed by atoms with Crippen molar-refractivity contribution in [2.24, 2.45) is 0 Å². The number of amides is 2. The van der Waals surface area contributed by atoms with Gasteiger partial charge >= 0.3 is 6.09 Å². The summed E-state index contributed by atoms with van der Waals surface area (Å²) in [7, 11) is 3.43. The van der Waals surface area contributed by atoms with Crippen LogP contribution in [0.4, 0.5) is 16.2 Å². The number of nitro groups is 1. The van der Waals surface area contributed by atoms with Crippen LogP contribution in [0.15, 0.2) is 18.2 Å². The highest BCUT2D eigenvalue weighted by molar-refractivity contribution is 5.95. The second-order valence-corrected chi connectivity index (χ2v) is 8.03. The number of alkyl carbamates (subject to hydrolysis) is 1. The minimum atomic E-state index is -0.610. The van der Waals surface area contributed by atoms with Crippen molar-refractivity contribution in [1.29, 1.82) is 0 Å². The van der Waals surface area contributed by atoms with Crippen LogP contribution in [0, 0.1) is 10.1 Å². The Morgan fingerprint density at radius 3 is 2.59 bits per heavy atom. The maximum absolute atomic E-state index is 12.0. The summed E-state index contributed by atoms with van der Waals surface area (Å²) in [5.74, 6) is -0.388. The zero-order valence-electron chi connectivity index (χ0n) is 17.5. The van der Waals surface area contributed by atoms with Gasteiger partial charge < -0.3 is 25.2 Å². The van der Waals surface area contributed by atoms with Gasteiger partial charge in [0.1, 0.15) is 11.3 Å². The Morgan fingerprint density at radius 2 is 2.00 bits per heavy atom. The molecule has 1 saturated heterocycles. The number of likely N-dealkylation sites (N-methyl/N-ethyl adjacent to an activating group) is 1. The largest absolute Gasteiger partial charge is 0.444 e. The number of piperazine rings is 1. The third-order valence-electron chi connectivity index (χ3n) is 4.54. The Hall–Kier alpha value is -2.88. The van der Waals surface area contributed by atoms with Gasteiger partial charge in [0, 0.05) is 44.9 Å². The minimum Gasteiger partial charge on any atom is -0.444 e. The molecule has 0 aromatic heterocycles. The summed E-state index contributed by atoms with van der Waals surface area (Å²) in [5, 5.41) is 16.9. The fraction of sp³-hybridized carbons (Fsp3) is 0.579. The number of anilines is 1. The molecule has 0 aliphatic carbocycles. The lowest BCUT2D eigenvalue weighted by Crippen LogP contribution is -2.56. The van der Waals surface area contributed by atoms with Crippen LogP contribution in [0.2, 0.25) is 0 Å². The molecule has 1 aromatic carbocycles. The van der Waals surface area contributed by atoms with E-state index in [0.717, 1.165) is 6.54 Å². The van der Waals surface area contributed by atoms with E-state index in [1.54, 1.807) is 32.9 Å². The van der Waals surface area contributed by atoms with E-state index in [0.29, 0.717) is 18.8 Å². The van der Waals surface area contributed by atoms with E-state index < -0.39 is 16.6 Å². The molecular formula is C19H29N5O5. The third-order valence-corrected chi connectivity index (χ3v) is 4.54. The highest BCUT2D eigenvalue weighted by Gasteiger charge is 2.31. The number of carbonyl (C=O) groups excluding carboxylic acids is 2. The number of nitrogens with zero attached hydrogens (tertiary/aromatic N) is 3. The quantitative estimate of drug-likeness (QED) is 0.562. The molecule has 0 bridgehead atoms. The Morgan fingerprint density at radius 1 is 1.31 bits per heavy atom. The predicted octanol–water partition coefficient (Wildman–Crippen LogP) is 1.60. The summed E-state index contributed by atoms with van der Waals surface area (Å²) in [6.45, 7) is 7.51. The summed E-state index contributed by atoms with van der Waals surface area (Å²) in [6.07, 6.45) is -0.532. The SMILES string of the molecule is CNC(=O)c1ccc(N2CCN(C)C[C@@H]2CNC(=O)OC(C)(C)C)c([N+](=O)[O-])c1. The van der Waals surface area contributed by atoms with E-state index in [2.05, 4.69) is 15.5 Å². The molecule has 1 aromatic rings. The molecule has 1 atom stereocenters. The van der Waals surface area contributed by atoms with Crippen molar-refractivity contribution < 1.29 is 19.2 Å².